The first-order valence-corrected chi connectivity index (χ1v) is 11.0. The summed E-state index contributed by atoms with van der Waals surface area (Å²) in [5.74, 6) is 0.0648. The first-order valence-electron chi connectivity index (χ1n) is 8.62. The molecule has 1 saturated carbocycles. The maximum absolute atomic E-state index is 12.4. The summed E-state index contributed by atoms with van der Waals surface area (Å²) in [4.78, 5) is 26.1. The lowest BCUT2D eigenvalue weighted by Gasteiger charge is -2.50. The maximum atomic E-state index is 12.4. The van der Waals surface area contributed by atoms with Gasteiger partial charge in [-0.15, -0.1) is 11.3 Å². The van der Waals surface area contributed by atoms with E-state index >= 15 is 0 Å². The van der Waals surface area contributed by atoms with E-state index in [9.17, 15) is 18.0 Å². The lowest BCUT2D eigenvalue weighted by Crippen LogP contribution is -2.57. The Morgan fingerprint density at radius 3 is 2.88 bits per heavy atom. The summed E-state index contributed by atoms with van der Waals surface area (Å²) < 4.78 is 26.7. The van der Waals surface area contributed by atoms with Crippen LogP contribution in [0.2, 0.25) is 0 Å². The predicted molar refractivity (Wildman–Crippen MR) is 95.9 cm³/mol. The molecular formula is C16H23N3O5S2. The highest BCUT2D eigenvalue weighted by molar-refractivity contribution is 7.91. The molecule has 1 aliphatic heterocycles. The van der Waals surface area contributed by atoms with Gasteiger partial charge in [-0.2, -0.15) is 0 Å². The lowest BCUT2D eigenvalue weighted by atomic mass is 9.61. The molecule has 10 heteroatoms. The van der Waals surface area contributed by atoms with E-state index in [1.165, 1.54) is 6.07 Å². The van der Waals surface area contributed by atoms with Crippen LogP contribution in [0.1, 0.15) is 12.8 Å². The van der Waals surface area contributed by atoms with Crippen LogP contribution in [0.3, 0.4) is 0 Å². The van der Waals surface area contributed by atoms with Crippen molar-refractivity contribution in [1.29, 1.82) is 0 Å². The van der Waals surface area contributed by atoms with Gasteiger partial charge in [-0.1, -0.05) is 6.07 Å². The molecule has 3 N–H and O–H groups in total. The van der Waals surface area contributed by atoms with Crippen LogP contribution in [0.5, 0.6) is 0 Å². The molecule has 1 aromatic rings. The van der Waals surface area contributed by atoms with Crippen LogP contribution in [0.15, 0.2) is 21.7 Å². The molecule has 2 amide bonds. The standard InChI is InChI=1S/C16H23N3O5S2/c20-6-4-17-16(22)12-8-11-3-5-19(10-13(11)12)14(21)9-18-26(23,24)15-2-1-7-25-15/h1-2,7,11-13,18,20H,3-6,8-10H2,(H,17,22)/t11-,12-,13-/m1/s1. The number of carbonyl (C=O) groups is 2. The Kier molecular flexibility index (Phi) is 5.96. The lowest BCUT2D eigenvalue weighted by molar-refractivity contribution is -0.144. The van der Waals surface area contributed by atoms with Gasteiger partial charge in [-0.25, -0.2) is 13.1 Å². The minimum atomic E-state index is -3.66. The molecule has 0 unspecified atom stereocenters. The Labute approximate surface area is 156 Å². The van der Waals surface area contributed by atoms with Crippen LogP contribution in [0.4, 0.5) is 0 Å². The van der Waals surface area contributed by atoms with Crippen molar-refractivity contribution in [1.82, 2.24) is 14.9 Å². The van der Waals surface area contributed by atoms with Crippen molar-refractivity contribution in [3.63, 3.8) is 0 Å². The Bertz CT molecular complexity index is 750. The van der Waals surface area contributed by atoms with E-state index in [2.05, 4.69) is 10.0 Å². The molecule has 2 aliphatic rings. The van der Waals surface area contributed by atoms with Crippen molar-refractivity contribution in [3.05, 3.63) is 17.5 Å². The van der Waals surface area contributed by atoms with Gasteiger partial charge >= 0.3 is 0 Å². The Balaban J connectivity index is 1.52. The number of piperidine rings is 1. The summed E-state index contributed by atoms with van der Waals surface area (Å²) in [6, 6.07) is 3.14. The topological polar surface area (TPSA) is 116 Å². The van der Waals surface area contributed by atoms with Crippen molar-refractivity contribution in [2.24, 2.45) is 17.8 Å². The van der Waals surface area contributed by atoms with E-state index in [0.717, 1.165) is 24.2 Å². The second-order valence-corrected chi connectivity index (χ2v) is 9.61. The summed E-state index contributed by atoms with van der Waals surface area (Å²) in [7, 11) is -3.66. The van der Waals surface area contributed by atoms with Gasteiger partial charge in [0, 0.05) is 25.6 Å². The fraction of sp³-hybridized carbons (Fsp3) is 0.625. The quantitative estimate of drug-likeness (QED) is 0.576. The largest absolute Gasteiger partial charge is 0.395 e. The number of rotatable bonds is 7. The number of carbonyl (C=O) groups excluding carboxylic acids is 2. The smallest absolute Gasteiger partial charge is 0.250 e. The zero-order valence-electron chi connectivity index (χ0n) is 14.3. The Morgan fingerprint density at radius 1 is 1.38 bits per heavy atom. The number of hydrogen-bond donors (Lipinski definition) is 3. The van der Waals surface area contributed by atoms with Gasteiger partial charge in [0.2, 0.25) is 11.8 Å². The molecule has 1 aliphatic carbocycles. The van der Waals surface area contributed by atoms with Crippen LogP contribution in [0, 0.1) is 17.8 Å². The molecule has 3 atom stereocenters. The van der Waals surface area contributed by atoms with Crippen LogP contribution >= 0.6 is 11.3 Å². The number of nitrogens with zero attached hydrogens (tertiary/aromatic N) is 1. The van der Waals surface area contributed by atoms with Crippen LogP contribution in [0.25, 0.3) is 0 Å². The minimum Gasteiger partial charge on any atom is -0.395 e. The third-order valence-electron chi connectivity index (χ3n) is 5.15. The zero-order chi connectivity index (χ0) is 18.7. The second kappa shape index (κ2) is 8.03. The van der Waals surface area contributed by atoms with Crippen LogP contribution in [-0.2, 0) is 19.6 Å². The van der Waals surface area contributed by atoms with Gasteiger partial charge in [0.15, 0.2) is 0 Å². The fourth-order valence-corrected chi connectivity index (χ4v) is 5.69. The third-order valence-corrected chi connectivity index (χ3v) is 7.95. The number of sulfonamides is 1. The van der Waals surface area contributed by atoms with Crippen molar-refractivity contribution >= 4 is 33.2 Å². The molecule has 1 aromatic heterocycles. The van der Waals surface area contributed by atoms with Crippen molar-refractivity contribution in [3.8, 4) is 0 Å². The number of thiophene rings is 1. The summed E-state index contributed by atoms with van der Waals surface area (Å²) >= 11 is 1.10. The summed E-state index contributed by atoms with van der Waals surface area (Å²) in [5.41, 5.74) is 0. The monoisotopic (exact) mass is 401 g/mol. The second-order valence-electron chi connectivity index (χ2n) is 6.67. The van der Waals surface area contributed by atoms with Gasteiger partial charge in [-0.05, 0) is 36.1 Å². The van der Waals surface area contributed by atoms with Gasteiger partial charge < -0.3 is 15.3 Å². The molecule has 2 heterocycles. The zero-order valence-corrected chi connectivity index (χ0v) is 15.9. The number of amides is 2. The summed E-state index contributed by atoms with van der Waals surface area (Å²) in [5, 5.41) is 13.2. The van der Waals surface area contributed by atoms with Gasteiger partial charge in [0.1, 0.15) is 4.21 Å². The molecular weight excluding hydrogens is 378 g/mol. The van der Waals surface area contributed by atoms with Crippen LogP contribution in [-0.4, -0.2) is 63.0 Å². The molecule has 3 rings (SSSR count). The fourth-order valence-electron chi connectivity index (χ4n) is 3.68. The van der Waals surface area contributed by atoms with E-state index < -0.39 is 10.0 Å². The number of nitrogens with one attached hydrogen (secondary N) is 2. The highest BCUT2D eigenvalue weighted by atomic mass is 32.2. The molecule has 1 saturated heterocycles. The Hall–Kier alpha value is -1.49. The van der Waals surface area contributed by atoms with E-state index in [4.69, 9.17) is 5.11 Å². The van der Waals surface area contributed by atoms with Crippen LogP contribution < -0.4 is 10.0 Å². The van der Waals surface area contributed by atoms with E-state index in [1.807, 2.05) is 0 Å². The number of aliphatic hydroxyl groups is 1. The maximum Gasteiger partial charge on any atom is 0.250 e. The molecule has 8 nitrogen and oxygen atoms in total. The van der Waals surface area contributed by atoms with Crippen molar-refractivity contribution in [2.75, 3.05) is 32.8 Å². The number of hydrogen-bond acceptors (Lipinski definition) is 6. The van der Waals surface area contributed by atoms with E-state index in [0.29, 0.717) is 19.0 Å². The minimum absolute atomic E-state index is 0.0759. The summed E-state index contributed by atoms with van der Waals surface area (Å²) in [6.45, 7) is 0.924. The molecule has 0 radical (unpaired) electrons. The molecule has 0 bridgehead atoms. The third kappa shape index (κ3) is 4.08. The number of aliphatic hydroxyl groups excluding tert-OH is 1. The highest BCUT2D eigenvalue weighted by Crippen LogP contribution is 2.45. The SMILES string of the molecule is O=C(NCCO)[C@@H]1C[C@H]2CCN(C(=O)CNS(=O)(=O)c3cccs3)C[C@H]21. The van der Waals surface area contributed by atoms with E-state index in [-0.39, 0.29) is 47.6 Å². The average Bonchev–Trinajstić information content (AvgIpc) is 3.14. The first kappa shape index (κ1) is 19.3. The number of fused-ring (bicyclic) bond motifs is 1. The molecule has 2 fully saturated rings. The Morgan fingerprint density at radius 2 is 2.19 bits per heavy atom. The first-order chi connectivity index (χ1) is 12.4. The highest BCUT2D eigenvalue weighted by Gasteiger charge is 2.48. The predicted octanol–water partition coefficient (Wildman–Crippen LogP) is -0.380. The van der Waals surface area contributed by atoms with Crippen molar-refractivity contribution < 1.29 is 23.1 Å². The molecule has 0 spiro atoms. The normalized spacial score (nSPS) is 25.3. The van der Waals surface area contributed by atoms with Gasteiger partial charge in [0.05, 0.1) is 13.2 Å². The molecule has 26 heavy (non-hydrogen) atoms. The summed E-state index contributed by atoms with van der Waals surface area (Å²) in [6.07, 6.45) is 1.65. The van der Waals surface area contributed by atoms with Crippen molar-refractivity contribution in [2.45, 2.75) is 17.1 Å². The molecule has 0 aromatic carbocycles. The number of likely N-dealkylation sites (tertiary alicyclic amines) is 1. The molecule has 144 valence electrons. The van der Waals surface area contributed by atoms with Gasteiger partial charge in [-0.3, -0.25) is 9.59 Å². The average molecular weight is 402 g/mol. The van der Waals surface area contributed by atoms with E-state index in [1.54, 1.807) is 16.3 Å². The van der Waals surface area contributed by atoms with Gasteiger partial charge in [0.25, 0.3) is 10.0 Å².